The molecule has 222 valence electrons. The number of rotatable bonds is 10. The number of terminal acetylenes is 1. The Morgan fingerprint density at radius 2 is 1.69 bits per heavy atom. The van der Waals surface area contributed by atoms with E-state index in [0.717, 1.165) is 11.1 Å². The highest BCUT2D eigenvalue weighted by atomic mass is 19.3. The van der Waals surface area contributed by atoms with Crippen molar-refractivity contribution in [3.05, 3.63) is 48.2 Å². The van der Waals surface area contributed by atoms with Crippen molar-refractivity contribution < 1.29 is 37.4 Å². The number of hydrogen-bond donors (Lipinski definition) is 2. The van der Waals surface area contributed by atoms with Gasteiger partial charge in [-0.3, -0.25) is 9.59 Å². The first-order valence-corrected chi connectivity index (χ1v) is 14.0. The van der Waals surface area contributed by atoms with Crippen LogP contribution in [0.25, 0.3) is 22.1 Å². The molecule has 2 aromatic carbocycles. The van der Waals surface area contributed by atoms with Gasteiger partial charge < -0.3 is 24.3 Å². The summed E-state index contributed by atoms with van der Waals surface area (Å²) in [6.45, 7) is 3.38. The van der Waals surface area contributed by atoms with E-state index < -0.39 is 41.2 Å². The van der Waals surface area contributed by atoms with E-state index in [1.54, 1.807) is 38.1 Å². The molecule has 2 aliphatic rings. The number of benzene rings is 2. The number of hydrogen-bond acceptors (Lipinski definition) is 6. The smallest absolute Gasteiger partial charge is 0.287 e. The molecule has 2 fully saturated rings. The Hall–Kier alpha value is -3.90. The van der Waals surface area contributed by atoms with Crippen molar-refractivity contribution in [3.8, 4) is 35.0 Å². The summed E-state index contributed by atoms with van der Waals surface area (Å²) in [5.41, 5.74) is -0.913. The van der Waals surface area contributed by atoms with Gasteiger partial charge in [0.25, 0.3) is 5.91 Å². The predicted molar refractivity (Wildman–Crippen MR) is 154 cm³/mol. The summed E-state index contributed by atoms with van der Waals surface area (Å²) >= 11 is 0. The summed E-state index contributed by atoms with van der Waals surface area (Å²) < 4.78 is 45.2. The van der Waals surface area contributed by atoms with Crippen LogP contribution in [0.2, 0.25) is 0 Å². The minimum absolute atomic E-state index is 0.0160. The first-order valence-electron chi connectivity index (χ1n) is 14.0. The molecular weight excluding hydrogens is 544 g/mol. The molecule has 9 heteroatoms. The highest BCUT2D eigenvalue weighted by Crippen LogP contribution is 2.50. The van der Waals surface area contributed by atoms with E-state index >= 15 is 0 Å². The molecule has 2 N–H and O–H groups in total. The number of amides is 1. The first kappa shape index (κ1) is 29.6. The van der Waals surface area contributed by atoms with Gasteiger partial charge in [0.1, 0.15) is 12.2 Å². The molecule has 0 aliphatic heterocycles. The summed E-state index contributed by atoms with van der Waals surface area (Å²) in [4.78, 5) is 26.8. The number of carbonyl (C=O) groups is 2. The van der Waals surface area contributed by atoms with Crippen molar-refractivity contribution in [2.45, 2.75) is 75.9 Å². The van der Waals surface area contributed by atoms with Gasteiger partial charge in [-0.1, -0.05) is 24.1 Å². The Kier molecular flexibility index (Phi) is 7.56. The Bertz CT molecular complexity index is 1550. The molecule has 0 radical (unpaired) electrons. The number of alkyl halides is 2. The third-order valence-electron chi connectivity index (χ3n) is 8.20. The number of methoxy groups -OCH3 is 1. The highest BCUT2D eigenvalue weighted by molar-refractivity contribution is 6.01. The van der Waals surface area contributed by atoms with Crippen LogP contribution in [0.1, 0.15) is 69.3 Å². The summed E-state index contributed by atoms with van der Waals surface area (Å²) in [5.74, 6) is -0.180. The maximum atomic E-state index is 14.1. The monoisotopic (exact) mass is 579 g/mol. The van der Waals surface area contributed by atoms with E-state index in [1.165, 1.54) is 7.11 Å². The molecule has 1 aromatic heterocycles. The van der Waals surface area contributed by atoms with Crippen LogP contribution in [-0.2, 0) is 4.79 Å². The maximum absolute atomic E-state index is 14.1. The minimum atomic E-state index is -2.88. The van der Waals surface area contributed by atoms with Gasteiger partial charge in [0.15, 0.2) is 23.0 Å². The van der Waals surface area contributed by atoms with Crippen LogP contribution in [0.3, 0.4) is 0 Å². The van der Waals surface area contributed by atoms with E-state index in [-0.39, 0.29) is 37.4 Å². The zero-order valence-electron chi connectivity index (χ0n) is 24.0. The average molecular weight is 580 g/mol. The zero-order valence-corrected chi connectivity index (χ0v) is 24.0. The number of halogens is 2. The van der Waals surface area contributed by atoms with Crippen molar-refractivity contribution in [3.63, 3.8) is 0 Å². The minimum Gasteiger partial charge on any atom is -0.493 e. The number of aliphatic hydroxyl groups is 1. The van der Waals surface area contributed by atoms with Crippen LogP contribution in [0.4, 0.5) is 8.78 Å². The molecule has 0 atom stereocenters. The predicted octanol–water partition coefficient (Wildman–Crippen LogP) is 6.31. The number of fused-ring (bicyclic) bond motifs is 1. The standard InChI is InChI=1S/C33H35F2NO6/c1-5-31(10-11-31)19-28(37)32(12-14-33(34,35)15-13-32)36-29(38)27-18-23-7-6-21(16-25(23)42-27)22-8-9-24(26(17-22)40-4)41-20-30(2,3)39/h1,6-9,16-18,39H,10-15,19-20H2,2-4H3,(H,36,38). The largest absolute Gasteiger partial charge is 0.493 e. The third-order valence-corrected chi connectivity index (χ3v) is 8.20. The van der Waals surface area contributed by atoms with E-state index in [2.05, 4.69) is 11.2 Å². The third kappa shape index (κ3) is 6.29. The first-order chi connectivity index (χ1) is 19.8. The van der Waals surface area contributed by atoms with Crippen LogP contribution >= 0.6 is 0 Å². The van der Waals surface area contributed by atoms with E-state index in [0.29, 0.717) is 35.3 Å². The van der Waals surface area contributed by atoms with Crippen LogP contribution < -0.4 is 14.8 Å². The van der Waals surface area contributed by atoms with Crippen molar-refractivity contribution >= 4 is 22.7 Å². The second-order valence-electron chi connectivity index (χ2n) is 12.2. The fraction of sp³-hybridized carbons (Fsp3) is 0.455. The molecule has 3 aromatic rings. The zero-order chi connectivity index (χ0) is 30.3. The van der Waals surface area contributed by atoms with Crippen molar-refractivity contribution in [2.24, 2.45) is 5.41 Å². The molecule has 2 saturated carbocycles. The van der Waals surface area contributed by atoms with Crippen molar-refractivity contribution in [2.75, 3.05) is 13.7 Å². The fourth-order valence-corrected chi connectivity index (χ4v) is 5.34. The number of carbonyl (C=O) groups excluding carboxylic acids is 2. The van der Waals surface area contributed by atoms with Crippen LogP contribution in [0, 0.1) is 17.8 Å². The van der Waals surface area contributed by atoms with Gasteiger partial charge >= 0.3 is 0 Å². The summed E-state index contributed by atoms with van der Waals surface area (Å²) in [6, 6.07) is 12.4. The van der Waals surface area contributed by atoms with Crippen molar-refractivity contribution in [1.29, 1.82) is 0 Å². The highest BCUT2D eigenvalue weighted by Gasteiger charge is 2.52. The normalized spacial score (nSPS) is 18.6. The lowest BCUT2D eigenvalue weighted by molar-refractivity contribution is -0.131. The molecular formula is C33H35F2NO6. The van der Waals surface area contributed by atoms with Gasteiger partial charge in [0.05, 0.1) is 18.2 Å². The molecule has 1 heterocycles. The summed E-state index contributed by atoms with van der Waals surface area (Å²) in [5, 5.41) is 13.4. The maximum Gasteiger partial charge on any atom is 0.287 e. The number of nitrogens with one attached hydrogen (secondary N) is 1. The topological polar surface area (TPSA) is 98.0 Å². The lowest BCUT2D eigenvalue weighted by atomic mass is 9.74. The Morgan fingerprint density at radius 3 is 2.31 bits per heavy atom. The second-order valence-corrected chi connectivity index (χ2v) is 12.2. The Balaban J connectivity index is 1.37. The van der Waals surface area contributed by atoms with E-state index in [4.69, 9.17) is 20.3 Å². The number of furan rings is 1. The molecule has 0 bridgehead atoms. The Morgan fingerprint density at radius 1 is 1.02 bits per heavy atom. The average Bonchev–Trinajstić information content (AvgIpc) is 3.59. The summed E-state index contributed by atoms with van der Waals surface area (Å²) in [7, 11) is 1.53. The Labute approximate surface area is 243 Å². The van der Waals surface area contributed by atoms with E-state index in [1.807, 2.05) is 18.2 Å². The van der Waals surface area contributed by atoms with Crippen LogP contribution in [-0.4, -0.2) is 47.6 Å². The molecule has 2 aliphatic carbocycles. The van der Waals surface area contributed by atoms with Crippen LogP contribution in [0.5, 0.6) is 11.5 Å². The molecule has 7 nitrogen and oxygen atoms in total. The molecule has 5 rings (SSSR count). The lowest BCUT2D eigenvalue weighted by Gasteiger charge is -2.39. The summed E-state index contributed by atoms with van der Waals surface area (Å²) in [6.07, 6.45) is 5.81. The molecule has 0 unspecified atom stereocenters. The van der Waals surface area contributed by atoms with Crippen molar-refractivity contribution in [1.82, 2.24) is 5.32 Å². The van der Waals surface area contributed by atoms with Gasteiger partial charge in [0.2, 0.25) is 5.92 Å². The number of ketones is 1. The van der Waals surface area contributed by atoms with Gasteiger partial charge in [0, 0.05) is 30.1 Å². The van der Waals surface area contributed by atoms with Gasteiger partial charge in [-0.15, -0.1) is 6.42 Å². The lowest BCUT2D eigenvalue weighted by Crippen LogP contribution is -2.58. The van der Waals surface area contributed by atoms with Gasteiger partial charge in [-0.2, -0.15) is 0 Å². The number of ether oxygens (including phenoxy) is 2. The number of Topliss-reactive ketones (excluding diaryl/α,β-unsaturated/α-hetero) is 1. The second kappa shape index (κ2) is 10.7. The van der Waals surface area contributed by atoms with Gasteiger partial charge in [-0.25, -0.2) is 8.78 Å². The van der Waals surface area contributed by atoms with E-state index in [9.17, 15) is 23.5 Å². The van der Waals surface area contributed by atoms with Crippen LogP contribution in [0.15, 0.2) is 46.9 Å². The molecule has 1 amide bonds. The molecule has 0 spiro atoms. The molecule has 0 saturated heterocycles. The van der Waals surface area contributed by atoms with Gasteiger partial charge in [-0.05, 0) is 74.9 Å². The molecule has 42 heavy (non-hydrogen) atoms. The quantitative estimate of drug-likeness (QED) is 0.273. The SMILES string of the molecule is C#CC1(CC(=O)C2(NC(=O)c3cc4ccc(-c5ccc(OCC(C)(C)O)c(OC)c5)cc4o3)CCC(F)(F)CC2)CC1. The fourth-order valence-electron chi connectivity index (χ4n) is 5.34.